The zero-order chi connectivity index (χ0) is 11.7. The summed E-state index contributed by atoms with van der Waals surface area (Å²) in [6, 6.07) is 15.5. The van der Waals surface area contributed by atoms with Crippen molar-refractivity contribution in [2.75, 3.05) is 5.73 Å². The van der Waals surface area contributed by atoms with Crippen LogP contribution in [0.3, 0.4) is 0 Å². The Balaban J connectivity index is 2.22. The maximum absolute atomic E-state index is 5.92. The quantitative estimate of drug-likeness (QED) is 0.643. The van der Waals surface area contributed by atoms with Crippen molar-refractivity contribution in [2.45, 2.75) is 0 Å². The first-order chi connectivity index (χ1) is 8.34. The Morgan fingerprint density at radius 2 is 1.65 bits per heavy atom. The third-order valence-corrected chi connectivity index (χ3v) is 2.69. The molecule has 3 nitrogen and oxygen atoms in total. The molecule has 17 heavy (non-hydrogen) atoms. The second-order valence-electron chi connectivity index (χ2n) is 3.84. The molecule has 82 valence electrons. The highest BCUT2D eigenvalue weighted by Gasteiger charge is 2.05. The fraction of sp³-hybridized carbons (Fsp3) is 0. The highest BCUT2D eigenvalue weighted by molar-refractivity contribution is 5.81. The van der Waals surface area contributed by atoms with E-state index in [1.807, 2.05) is 54.7 Å². The largest absolute Gasteiger partial charge is 0.398 e. The van der Waals surface area contributed by atoms with Gasteiger partial charge in [0.05, 0.1) is 5.52 Å². The maximum atomic E-state index is 5.92. The van der Waals surface area contributed by atoms with Crippen LogP contribution in [0.1, 0.15) is 0 Å². The molecule has 0 aliphatic heterocycles. The zero-order valence-electron chi connectivity index (χ0n) is 9.17. The van der Waals surface area contributed by atoms with Gasteiger partial charge in [0.15, 0.2) is 5.82 Å². The van der Waals surface area contributed by atoms with E-state index in [1.165, 1.54) is 0 Å². The van der Waals surface area contributed by atoms with E-state index in [-0.39, 0.29) is 0 Å². The van der Waals surface area contributed by atoms with Crippen molar-refractivity contribution in [3.63, 3.8) is 0 Å². The second-order valence-corrected chi connectivity index (χ2v) is 3.84. The Labute approximate surface area is 98.9 Å². The van der Waals surface area contributed by atoms with E-state index in [0.717, 1.165) is 16.5 Å². The highest BCUT2D eigenvalue weighted by atomic mass is 14.9. The molecule has 2 N–H and O–H groups in total. The van der Waals surface area contributed by atoms with Crippen LogP contribution < -0.4 is 5.73 Å². The summed E-state index contributed by atoms with van der Waals surface area (Å²) in [5.41, 5.74) is 8.42. The molecule has 3 aromatic rings. The van der Waals surface area contributed by atoms with Crippen molar-refractivity contribution in [1.82, 2.24) is 9.97 Å². The van der Waals surface area contributed by atoms with Crippen molar-refractivity contribution in [1.29, 1.82) is 0 Å². The Morgan fingerprint density at radius 3 is 2.53 bits per heavy atom. The van der Waals surface area contributed by atoms with Gasteiger partial charge in [-0.15, -0.1) is 0 Å². The molecule has 0 radical (unpaired) electrons. The number of nitrogens with zero attached hydrogens (tertiary/aromatic N) is 2. The predicted octanol–water partition coefficient (Wildman–Crippen LogP) is 2.88. The number of aromatic nitrogens is 2. The second kappa shape index (κ2) is 3.87. The van der Waals surface area contributed by atoms with Gasteiger partial charge >= 0.3 is 0 Å². The number of hydrogen-bond acceptors (Lipinski definition) is 3. The molecule has 3 rings (SSSR count). The molecule has 0 saturated heterocycles. The van der Waals surface area contributed by atoms with Gasteiger partial charge in [-0.25, -0.2) is 9.97 Å². The zero-order valence-corrected chi connectivity index (χ0v) is 9.17. The SMILES string of the molecule is Nc1ccccc1-c1ncc2ccccc2n1. The van der Waals surface area contributed by atoms with Crippen LogP contribution >= 0.6 is 0 Å². The van der Waals surface area contributed by atoms with Gasteiger partial charge in [-0.2, -0.15) is 0 Å². The van der Waals surface area contributed by atoms with Gasteiger partial charge < -0.3 is 5.73 Å². The lowest BCUT2D eigenvalue weighted by Gasteiger charge is -2.04. The lowest BCUT2D eigenvalue weighted by Crippen LogP contribution is -1.94. The van der Waals surface area contributed by atoms with E-state index in [1.54, 1.807) is 0 Å². The number of nitrogens with two attached hydrogens (primary N) is 1. The van der Waals surface area contributed by atoms with Crippen molar-refractivity contribution in [2.24, 2.45) is 0 Å². The first-order valence-corrected chi connectivity index (χ1v) is 5.41. The molecule has 0 amide bonds. The Hall–Kier alpha value is -2.42. The summed E-state index contributed by atoms with van der Waals surface area (Å²) in [4.78, 5) is 8.86. The summed E-state index contributed by atoms with van der Waals surface area (Å²) in [6.45, 7) is 0. The Kier molecular flexibility index (Phi) is 2.22. The predicted molar refractivity (Wildman–Crippen MR) is 69.4 cm³/mol. The molecule has 0 aliphatic carbocycles. The van der Waals surface area contributed by atoms with E-state index in [2.05, 4.69) is 9.97 Å². The van der Waals surface area contributed by atoms with Gasteiger partial charge in [0.1, 0.15) is 0 Å². The monoisotopic (exact) mass is 221 g/mol. The minimum Gasteiger partial charge on any atom is -0.398 e. The Bertz CT molecular complexity index is 677. The molecular weight excluding hydrogens is 210 g/mol. The lowest BCUT2D eigenvalue weighted by atomic mass is 10.1. The summed E-state index contributed by atoms with van der Waals surface area (Å²) >= 11 is 0. The van der Waals surface area contributed by atoms with Crippen LogP contribution in [0.25, 0.3) is 22.3 Å². The molecule has 0 fully saturated rings. The molecule has 0 aliphatic rings. The van der Waals surface area contributed by atoms with E-state index in [9.17, 15) is 0 Å². The highest BCUT2D eigenvalue weighted by Crippen LogP contribution is 2.23. The average Bonchev–Trinajstić information content (AvgIpc) is 2.39. The van der Waals surface area contributed by atoms with E-state index in [0.29, 0.717) is 11.5 Å². The summed E-state index contributed by atoms with van der Waals surface area (Å²) in [5, 5.41) is 1.03. The maximum Gasteiger partial charge on any atom is 0.161 e. The van der Waals surface area contributed by atoms with Crippen LogP contribution in [0.5, 0.6) is 0 Å². The number of anilines is 1. The average molecular weight is 221 g/mol. The van der Waals surface area contributed by atoms with Gasteiger partial charge in [-0.1, -0.05) is 30.3 Å². The third-order valence-electron chi connectivity index (χ3n) is 2.69. The number of fused-ring (bicyclic) bond motifs is 1. The van der Waals surface area contributed by atoms with Crippen LogP contribution in [-0.2, 0) is 0 Å². The fourth-order valence-electron chi connectivity index (χ4n) is 1.80. The molecule has 0 unspecified atom stereocenters. The summed E-state index contributed by atoms with van der Waals surface area (Å²) in [6.07, 6.45) is 1.82. The number of nitrogen functional groups attached to an aromatic ring is 1. The molecule has 0 atom stereocenters. The minimum atomic E-state index is 0.668. The third kappa shape index (κ3) is 1.72. The molecule has 1 aromatic heterocycles. The Morgan fingerprint density at radius 1 is 0.882 bits per heavy atom. The molecule has 1 heterocycles. The van der Waals surface area contributed by atoms with E-state index >= 15 is 0 Å². The summed E-state index contributed by atoms with van der Waals surface area (Å²) in [7, 11) is 0. The van der Waals surface area contributed by atoms with Crippen LogP contribution in [0, 0.1) is 0 Å². The van der Waals surface area contributed by atoms with Crippen molar-refractivity contribution in [3.8, 4) is 11.4 Å². The van der Waals surface area contributed by atoms with Gasteiger partial charge in [0.2, 0.25) is 0 Å². The summed E-state index contributed by atoms with van der Waals surface area (Å²) < 4.78 is 0. The molecule has 0 bridgehead atoms. The first kappa shape index (κ1) is 9.78. The van der Waals surface area contributed by atoms with Crippen molar-refractivity contribution >= 4 is 16.6 Å². The van der Waals surface area contributed by atoms with Crippen molar-refractivity contribution in [3.05, 3.63) is 54.7 Å². The van der Waals surface area contributed by atoms with E-state index in [4.69, 9.17) is 5.73 Å². The summed E-state index contributed by atoms with van der Waals surface area (Å²) in [5.74, 6) is 0.668. The lowest BCUT2D eigenvalue weighted by molar-refractivity contribution is 1.23. The minimum absolute atomic E-state index is 0.668. The van der Waals surface area contributed by atoms with Crippen LogP contribution in [0.15, 0.2) is 54.7 Å². The van der Waals surface area contributed by atoms with Crippen LogP contribution in [0.2, 0.25) is 0 Å². The molecular formula is C14H11N3. The smallest absolute Gasteiger partial charge is 0.161 e. The van der Waals surface area contributed by atoms with Crippen LogP contribution in [-0.4, -0.2) is 9.97 Å². The number of para-hydroxylation sites is 2. The number of rotatable bonds is 1. The fourth-order valence-corrected chi connectivity index (χ4v) is 1.80. The van der Waals surface area contributed by atoms with Gasteiger partial charge in [0, 0.05) is 22.8 Å². The molecule has 0 saturated carbocycles. The molecule has 0 spiro atoms. The van der Waals surface area contributed by atoms with Crippen LogP contribution in [0.4, 0.5) is 5.69 Å². The topological polar surface area (TPSA) is 51.8 Å². The first-order valence-electron chi connectivity index (χ1n) is 5.41. The van der Waals surface area contributed by atoms with Gasteiger partial charge in [-0.05, 0) is 18.2 Å². The van der Waals surface area contributed by atoms with Gasteiger partial charge in [0.25, 0.3) is 0 Å². The molecule has 2 aromatic carbocycles. The number of benzene rings is 2. The van der Waals surface area contributed by atoms with Gasteiger partial charge in [-0.3, -0.25) is 0 Å². The van der Waals surface area contributed by atoms with E-state index < -0.39 is 0 Å². The normalized spacial score (nSPS) is 10.6. The standard InChI is InChI=1S/C14H11N3/c15-12-7-3-2-6-11(12)14-16-9-10-5-1-4-8-13(10)17-14/h1-9H,15H2. The molecule has 3 heteroatoms. The number of hydrogen-bond donors (Lipinski definition) is 1. The van der Waals surface area contributed by atoms with Crippen molar-refractivity contribution < 1.29 is 0 Å².